The molecule has 1 saturated heterocycles. The monoisotopic (exact) mass is 448 g/mol. The molecule has 4 rings (SSSR count). The van der Waals surface area contributed by atoms with Gasteiger partial charge in [0.2, 0.25) is 0 Å². The van der Waals surface area contributed by atoms with Crippen molar-refractivity contribution in [1.29, 1.82) is 5.26 Å². The van der Waals surface area contributed by atoms with E-state index in [9.17, 15) is 25.0 Å². The van der Waals surface area contributed by atoms with Gasteiger partial charge in [-0.2, -0.15) is 5.26 Å². The molecule has 33 heavy (non-hydrogen) atoms. The second-order valence-electron chi connectivity index (χ2n) is 7.60. The van der Waals surface area contributed by atoms with E-state index >= 15 is 0 Å². The van der Waals surface area contributed by atoms with Gasteiger partial charge in [-0.15, -0.1) is 0 Å². The van der Waals surface area contributed by atoms with Crippen molar-refractivity contribution in [3.8, 4) is 17.4 Å². The van der Waals surface area contributed by atoms with E-state index in [4.69, 9.17) is 9.15 Å². The molecule has 10 heteroatoms. The SMILES string of the molecule is CC1=C(C#N)C(=O)N(C)C(=O)/C1=C\c1ccc(-c2ccc(N3CCOCC3)c([N+](=O)[O-])c2)o1. The first kappa shape index (κ1) is 22.0. The number of carbonyl (C=O) groups excluding carboxylic acids is 2. The van der Waals surface area contributed by atoms with Crippen LogP contribution in [-0.4, -0.2) is 55.0 Å². The molecule has 0 bridgehead atoms. The number of hydrogen-bond acceptors (Lipinski definition) is 8. The van der Waals surface area contributed by atoms with Crippen molar-refractivity contribution >= 4 is 29.3 Å². The molecule has 1 aromatic carbocycles. The van der Waals surface area contributed by atoms with Crippen LogP contribution in [0.15, 0.2) is 51.5 Å². The number of furan rings is 1. The van der Waals surface area contributed by atoms with Crippen LogP contribution in [0, 0.1) is 21.4 Å². The van der Waals surface area contributed by atoms with E-state index in [0.717, 1.165) is 4.90 Å². The lowest BCUT2D eigenvalue weighted by Gasteiger charge is -2.28. The minimum Gasteiger partial charge on any atom is -0.457 e. The number of nitro benzene ring substituents is 1. The van der Waals surface area contributed by atoms with Gasteiger partial charge in [0.25, 0.3) is 17.5 Å². The fourth-order valence-electron chi connectivity index (χ4n) is 3.82. The first-order valence-electron chi connectivity index (χ1n) is 10.2. The van der Waals surface area contributed by atoms with Crippen LogP contribution in [0.1, 0.15) is 12.7 Å². The maximum absolute atomic E-state index is 12.6. The van der Waals surface area contributed by atoms with Crippen LogP contribution < -0.4 is 4.90 Å². The fraction of sp³-hybridized carbons (Fsp3) is 0.261. The van der Waals surface area contributed by atoms with Gasteiger partial charge in [0.1, 0.15) is 28.9 Å². The number of hydrogen-bond donors (Lipinski definition) is 0. The highest BCUT2D eigenvalue weighted by Crippen LogP contribution is 2.35. The van der Waals surface area contributed by atoms with E-state index in [1.165, 1.54) is 26.1 Å². The predicted octanol–water partition coefficient (Wildman–Crippen LogP) is 2.91. The first-order chi connectivity index (χ1) is 15.8. The number of morpholine rings is 1. The van der Waals surface area contributed by atoms with Crippen molar-refractivity contribution < 1.29 is 23.7 Å². The molecule has 0 aliphatic carbocycles. The fourth-order valence-corrected chi connectivity index (χ4v) is 3.82. The number of nitro groups is 1. The van der Waals surface area contributed by atoms with Gasteiger partial charge >= 0.3 is 0 Å². The van der Waals surface area contributed by atoms with Crippen LogP contribution in [0.5, 0.6) is 0 Å². The van der Waals surface area contributed by atoms with E-state index in [-0.39, 0.29) is 22.4 Å². The normalized spacial score (nSPS) is 18.2. The Kier molecular flexibility index (Phi) is 5.81. The minimum absolute atomic E-state index is 0.0364. The van der Waals surface area contributed by atoms with E-state index in [1.807, 2.05) is 11.0 Å². The van der Waals surface area contributed by atoms with Crippen molar-refractivity contribution in [1.82, 2.24) is 4.90 Å². The van der Waals surface area contributed by atoms with Crippen LogP contribution in [0.4, 0.5) is 11.4 Å². The molecule has 0 atom stereocenters. The Labute approximate surface area is 189 Å². The Morgan fingerprint density at radius 3 is 2.55 bits per heavy atom. The third-order valence-electron chi connectivity index (χ3n) is 5.67. The van der Waals surface area contributed by atoms with Crippen LogP contribution in [0.25, 0.3) is 17.4 Å². The minimum atomic E-state index is -0.648. The summed E-state index contributed by atoms with van der Waals surface area (Å²) < 4.78 is 11.1. The van der Waals surface area contributed by atoms with Crippen molar-refractivity contribution in [2.24, 2.45) is 0 Å². The number of imide groups is 1. The number of carbonyl (C=O) groups is 2. The van der Waals surface area contributed by atoms with Gasteiger partial charge in [-0.25, -0.2) is 0 Å². The highest BCUT2D eigenvalue weighted by atomic mass is 16.6. The molecule has 2 amide bonds. The summed E-state index contributed by atoms with van der Waals surface area (Å²) in [7, 11) is 1.31. The summed E-state index contributed by atoms with van der Waals surface area (Å²) in [5.41, 5.74) is 1.33. The van der Waals surface area contributed by atoms with Gasteiger partial charge in [0.15, 0.2) is 0 Å². The number of amides is 2. The molecule has 3 heterocycles. The maximum Gasteiger partial charge on any atom is 0.293 e. The Morgan fingerprint density at radius 2 is 1.88 bits per heavy atom. The standard InChI is InChI=1S/C23H20N4O6/c1-14-17(22(28)25(2)23(29)18(14)13-24)12-16-4-6-21(33-16)15-3-5-19(20(11-15)27(30)31)26-7-9-32-10-8-26/h3-6,11-12H,7-10H2,1-2H3/b17-12-. The Hall–Kier alpha value is -4.23. The second kappa shape index (κ2) is 8.72. The average Bonchev–Trinajstić information content (AvgIpc) is 3.30. The van der Waals surface area contributed by atoms with Crippen LogP contribution in [0.2, 0.25) is 0 Å². The zero-order valence-corrected chi connectivity index (χ0v) is 18.0. The Morgan fingerprint density at radius 1 is 1.15 bits per heavy atom. The van der Waals surface area contributed by atoms with Crippen LogP contribution in [0.3, 0.4) is 0 Å². The van der Waals surface area contributed by atoms with Gasteiger partial charge in [0.05, 0.1) is 18.1 Å². The average molecular weight is 448 g/mol. The molecule has 2 aromatic rings. The van der Waals surface area contributed by atoms with Gasteiger partial charge < -0.3 is 14.1 Å². The summed E-state index contributed by atoms with van der Waals surface area (Å²) in [4.78, 5) is 38.7. The lowest BCUT2D eigenvalue weighted by atomic mass is 9.95. The number of nitrogens with zero attached hydrogens (tertiary/aromatic N) is 4. The lowest BCUT2D eigenvalue weighted by molar-refractivity contribution is -0.384. The van der Waals surface area contributed by atoms with Crippen molar-refractivity contribution in [3.63, 3.8) is 0 Å². The number of likely N-dealkylation sites (N-methyl/N-ethyl adjacent to an activating group) is 1. The Balaban J connectivity index is 1.69. The summed E-state index contributed by atoms with van der Waals surface area (Å²) in [6.45, 7) is 3.69. The molecule has 2 aliphatic heterocycles. The van der Waals surface area contributed by atoms with E-state index in [2.05, 4.69) is 0 Å². The summed E-state index contributed by atoms with van der Waals surface area (Å²) >= 11 is 0. The number of rotatable bonds is 4. The third-order valence-corrected chi connectivity index (χ3v) is 5.67. The summed E-state index contributed by atoms with van der Waals surface area (Å²) in [6, 6.07) is 9.99. The van der Waals surface area contributed by atoms with Crippen LogP contribution >= 0.6 is 0 Å². The second-order valence-corrected chi connectivity index (χ2v) is 7.60. The van der Waals surface area contributed by atoms with Gasteiger partial charge in [0, 0.05) is 37.3 Å². The van der Waals surface area contributed by atoms with Gasteiger partial charge in [-0.3, -0.25) is 24.6 Å². The molecule has 0 unspecified atom stereocenters. The third kappa shape index (κ3) is 4.02. The zero-order valence-electron chi connectivity index (χ0n) is 18.0. The lowest BCUT2D eigenvalue weighted by Crippen LogP contribution is -2.39. The molecule has 0 radical (unpaired) electrons. The van der Waals surface area contributed by atoms with Crippen LogP contribution in [-0.2, 0) is 14.3 Å². The zero-order chi connectivity index (χ0) is 23.7. The first-order valence-corrected chi connectivity index (χ1v) is 10.2. The summed E-state index contributed by atoms with van der Waals surface area (Å²) in [6.07, 6.45) is 1.46. The van der Waals surface area contributed by atoms with Crippen molar-refractivity contribution in [2.75, 3.05) is 38.3 Å². The molecule has 0 N–H and O–H groups in total. The Bertz CT molecular complexity index is 1260. The smallest absolute Gasteiger partial charge is 0.293 e. The largest absolute Gasteiger partial charge is 0.457 e. The number of benzene rings is 1. The van der Waals surface area contributed by atoms with Crippen molar-refractivity contribution in [2.45, 2.75) is 6.92 Å². The molecule has 2 aliphatic rings. The van der Waals surface area contributed by atoms with Crippen molar-refractivity contribution in [3.05, 3.63) is 62.9 Å². The van der Waals surface area contributed by atoms with Gasteiger partial charge in [-0.05, 0) is 42.8 Å². The molecule has 10 nitrogen and oxygen atoms in total. The topological polar surface area (TPSA) is 130 Å². The van der Waals surface area contributed by atoms with Gasteiger partial charge in [-0.1, -0.05) is 0 Å². The summed E-state index contributed by atoms with van der Waals surface area (Å²) in [5, 5.41) is 21.0. The highest BCUT2D eigenvalue weighted by molar-refractivity contribution is 6.19. The molecule has 0 spiro atoms. The molecule has 1 fully saturated rings. The highest BCUT2D eigenvalue weighted by Gasteiger charge is 2.33. The quantitative estimate of drug-likeness (QED) is 0.302. The van der Waals surface area contributed by atoms with E-state index in [0.29, 0.717) is 49.1 Å². The number of nitriles is 1. The molecule has 0 saturated carbocycles. The molecular weight excluding hydrogens is 428 g/mol. The molecule has 1 aromatic heterocycles. The van der Waals surface area contributed by atoms with E-state index < -0.39 is 16.7 Å². The molecular formula is C23H20N4O6. The van der Waals surface area contributed by atoms with E-state index in [1.54, 1.807) is 24.3 Å². The maximum atomic E-state index is 12.6. The summed E-state index contributed by atoms with van der Waals surface area (Å²) in [5.74, 6) is -0.495. The number of anilines is 1. The predicted molar refractivity (Wildman–Crippen MR) is 118 cm³/mol. The molecule has 168 valence electrons. The number of ether oxygens (including phenoxy) is 1.